The van der Waals surface area contributed by atoms with Crippen LogP contribution in [0.3, 0.4) is 0 Å². The first-order chi connectivity index (χ1) is 7.17. The summed E-state index contributed by atoms with van der Waals surface area (Å²) >= 11 is 3.45. The molecule has 0 aliphatic heterocycles. The lowest BCUT2D eigenvalue weighted by Crippen LogP contribution is -2.34. The fourth-order valence-corrected chi connectivity index (χ4v) is 1.92. The third-order valence-corrected chi connectivity index (χ3v) is 2.65. The van der Waals surface area contributed by atoms with Crippen molar-refractivity contribution in [2.24, 2.45) is 5.84 Å². The number of hydrogen-bond donors (Lipinski definition) is 2. The topological polar surface area (TPSA) is 50.5 Å². The highest BCUT2D eigenvalue weighted by molar-refractivity contribution is 9.10. The molecule has 0 saturated heterocycles. The Hall–Kier alpha value is -0.620. The Morgan fingerprint density at radius 1 is 1.53 bits per heavy atom. The van der Waals surface area contributed by atoms with Gasteiger partial charge in [-0.15, -0.1) is 0 Å². The molecule has 4 nitrogen and oxygen atoms in total. The van der Waals surface area contributed by atoms with E-state index in [-0.39, 0.29) is 0 Å². The Bertz CT molecular complexity index is 320. The minimum absolute atomic E-state index is 0.656. The molecule has 0 aliphatic carbocycles. The summed E-state index contributed by atoms with van der Waals surface area (Å²) in [6.07, 6.45) is 0. The first-order valence-corrected chi connectivity index (χ1v) is 5.41. The van der Waals surface area contributed by atoms with Crippen molar-refractivity contribution >= 4 is 15.9 Å². The molecule has 0 bridgehead atoms. The van der Waals surface area contributed by atoms with Crippen molar-refractivity contribution in [1.29, 1.82) is 0 Å². The summed E-state index contributed by atoms with van der Waals surface area (Å²) in [5.41, 5.74) is 3.82. The molecule has 1 rings (SSSR count). The number of hydrazine groups is 1. The van der Waals surface area contributed by atoms with E-state index in [1.165, 1.54) is 5.56 Å². The molecule has 0 heterocycles. The highest BCUT2D eigenvalue weighted by Gasteiger charge is 2.03. The molecule has 0 fully saturated rings. The number of benzene rings is 1. The second-order valence-corrected chi connectivity index (χ2v) is 4.20. The quantitative estimate of drug-likeness (QED) is 0.483. The van der Waals surface area contributed by atoms with Gasteiger partial charge in [0.2, 0.25) is 0 Å². The predicted molar refractivity (Wildman–Crippen MR) is 64.4 cm³/mol. The zero-order valence-electron chi connectivity index (χ0n) is 8.96. The highest BCUT2D eigenvalue weighted by atomic mass is 79.9. The monoisotopic (exact) mass is 273 g/mol. The van der Waals surface area contributed by atoms with Crippen LogP contribution < -0.4 is 16.0 Å². The minimum atomic E-state index is 0.656. The molecule has 0 radical (unpaired) electrons. The van der Waals surface area contributed by atoms with Crippen molar-refractivity contribution in [3.8, 4) is 5.75 Å². The maximum Gasteiger partial charge on any atom is 0.133 e. The number of halogens is 1. The highest BCUT2D eigenvalue weighted by Crippen LogP contribution is 2.25. The number of rotatable bonds is 5. The Balaban J connectivity index is 2.66. The third-order valence-electron chi connectivity index (χ3n) is 2.03. The molecular formula is C10H16BrN3O. The van der Waals surface area contributed by atoms with Gasteiger partial charge in [-0.05, 0) is 40.7 Å². The largest absolute Gasteiger partial charge is 0.496 e. The SMILES string of the molecule is COc1ccc(CN(C)CNN)cc1Br. The molecule has 1 aromatic carbocycles. The number of nitrogens with one attached hydrogen (secondary N) is 1. The van der Waals surface area contributed by atoms with Crippen LogP contribution in [0.2, 0.25) is 0 Å². The van der Waals surface area contributed by atoms with Gasteiger partial charge in [-0.2, -0.15) is 0 Å². The Kier molecular flexibility index (Phi) is 5.04. The van der Waals surface area contributed by atoms with Crippen LogP contribution >= 0.6 is 15.9 Å². The Morgan fingerprint density at radius 3 is 2.80 bits per heavy atom. The smallest absolute Gasteiger partial charge is 0.133 e. The standard InChI is InChI=1S/C10H16BrN3O/c1-14(7-13-12)6-8-3-4-10(15-2)9(11)5-8/h3-5,13H,6-7,12H2,1-2H3. The normalized spacial score (nSPS) is 10.7. The lowest BCUT2D eigenvalue weighted by Gasteiger charge is -2.16. The van der Waals surface area contributed by atoms with Gasteiger partial charge in [-0.25, -0.2) is 5.43 Å². The van der Waals surface area contributed by atoms with E-state index in [9.17, 15) is 0 Å². The summed E-state index contributed by atoms with van der Waals surface area (Å²) in [7, 11) is 3.65. The van der Waals surface area contributed by atoms with Gasteiger partial charge >= 0.3 is 0 Å². The second-order valence-electron chi connectivity index (χ2n) is 3.35. The van der Waals surface area contributed by atoms with Crippen molar-refractivity contribution in [2.45, 2.75) is 6.54 Å². The van der Waals surface area contributed by atoms with Crippen molar-refractivity contribution < 1.29 is 4.74 Å². The summed E-state index contributed by atoms with van der Waals surface area (Å²) in [6, 6.07) is 6.03. The van der Waals surface area contributed by atoms with Crippen molar-refractivity contribution in [1.82, 2.24) is 10.3 Å². The van der Waals surface area contributed by atoms with E-state index in [2.05, 4.69) is 26.3 Å². The second kappa shape index (κ2) is 6.07. The molecule has 15 heavy (non-hydrogen) atoms. The number of hydrogen-bond acceptors (Lipinski definition) is 4. The molecule has 0 atom stereocenters. The summed E-state index contributed by atoms with van der Waals surface area (Å²) < 4.78 is 6.13. The number of ether oxygens (including phenoxy) is 1. The molecule has 0 saturated carbocycles. The van der Waals surface area contributed by atoms with E-state index in [0.717, 1.165) is 16.8 Å². The van der Waals surface area contributed by atoms with E-state index in [1.807, 2.05) is 25.2 Å². The average Bonchev–Trinajstić information content (AvgIpc) is 2.18. The van der Waals surface area contributed by atoms with Crippen molar-refractivity contribution in [2.75, 3.05) is 20.8 Å². The first-order valence-electron chi connectivity index (χ1n) is 4.61. The van der Waals surface area contributed by atoms with Gasteiger partial charge in [-0.3, -0.25) is 10.7 Å². The van der Waals surface area contributed by atoms with Crippen LogP contribution in [0.1, 0.15) is 5.56 Å². The van der Waals surface area contributed by atoms with Gasteiger partial charge in [0.15, 0.2) is 0 Å². The molecule has 0 unspecified atom stereocenters. The Labute approximate surface area is 98.5 Å². The van der Waals surface area contributed by atoms with E-state index in [4.69, 9.17) is 10.6 Å². The lowest BCUT2D eigenvalue weighted by atomic mass is 10.2. The van der Waals surface area contributed by atoms with Crippen LogP contribution in [-0.4, -0.2) is 25.7 Å². The lowest BCUT2D eigenvalue weighted by molar-refractivity contribution is 0.301. The summed E-state index contributed by atoms with van der Waals surface area (Å²) in [6.45, 7) is 1.50. The summed E-state index contributed by atoms with van der Waals surface area (Å²) in [5.74, 6) is 6.08. The van der Waals surface area contributed by atoms with Crippen LogP contribution in [0.5, 0.6) is 5.75 Å². The molecule has 0 amide bonds. The zero-order chi connectivity index (χ0) is 11.3. The maximum atomic E-state index is 5.24. The molecular weight excluding hydrogens is 258 g/mol. The van der Waals surface area contributed by atoms with Gasteiger partial charge in [0.25, 0.3) is 0 Å². The van der Waals surface area contributed by atoms with Crippen LogP contribution in [0.15, 0.2) is 22.7 Å². The summed E-state index contributed by atoms with van der Waals surface area (Å²) in [5, 5.41) is 0. The van der Waals surface area contributed by atoms with Crippen molar-refractivity contribution in [3.05, 3.63) is 28.2 Å². The van der Waals surface area contributed by atoms with Gasteiger partial charge in [-0.1, -0.05) is 6.07 Å². The van der Waals surface area contributed by atoms with E-state index < -0.39 is 0 Å². The third kappa shape index (κ3) is 3.79. The van der Waals surface area contributed by atoms with Crippen LogP contribution in [0.25, 0.3) is 0 Å². The van der Waals surface area contributed by atoms with Crippen LogP contribution in [0.4, 0.5) is 0 Å². The van der Waals surface area contributed by atoms with Gasteiger partial charge in [0.05, 0.1) is 18.3 Å². The molecule has 0 aromatic heterocycles. The average molecular weight is 274 g/mol. The fraction of sp³-hybridized carbons (Fsp3) is 0.400. The van der Waals surface area contributed by atoms with Gasteiger partial charge < -0.3 is 4.74 Å². The van der Waals surface area contributed by atoms with Crippen molar-refractivity contribution in [3.63, 3.8) is 0 Å². The van der Waals surface area contributed by atoms with Gasteiger partial charge in [0, 0.05) is 6.54 Å². The minimum Gasteiger partial charge on any atom is -0.496 e. The molecule has 3 N–H and O–H groups in total. The molecule has 1 aromatic rings. The van der Waals surface area contributed by atoms with E-state index in [0.29, 0.717) is 6.67 Å². The van der Waals surface area contributed by atoms with Crippen LogP contribution in [-0.2, 0) is 6.54 Å². The number of methoxy groups -OCH3 is 1. The molecule has 5 heteroatoms. The van der Waals surface area contributed by atoms with Crippen LogP contribution in [0, 0.1) is 0 Å². The first kappa shape index (κ1) is 12.4. The Morgan fingerprint density at radius 2 is 2.27 bits per heavy atom. The fourth-order valence-electron chi connectivity index (χ4n) is 1.33. The molecule has 84 valence electrons. The van der Waals surface area contributed by atoms with E-state index in [1.54, 1.807) is 7.11 Å². The van der Waals surface area contributed by atoms with Gasteiger partial charge in [0.1, 0.15) is 5.75 Å². The molecule has 0 aliphatic rings. The zero-order valence-corrected chi connectivity index (χ0v) is 10.5. The predicted octanol–water partition coefficient (Wildman–Crippen LogP) is 1.31. The number of nitrogens with zero attached hydrogens (tertiary/aromatic N) is 1. The maximum absolute atomic E-state index is 5.24. The van der Waals surface area contributed by atoms with E-state index >= 15 is 0 Å². The molecule has 0 spiro atoms. The number of nitrogens with two attached hydrogens (primary N) is 1. The summed E-state index contributed by atoms with van der Waals surface area (Å²) in [4.78, 5) is 2.08.